The van der Waals surface area contributed by atoms with E-state index in [1.807, 2.05) is 25.1 Å². The molecular weight excluding hydrogens is 250 g/mol. The van der Waals surface area contributed by atoms with Gasteiger partial charge in [-0.2, -0.15) is 0 Å². The summed E-state index contributed by atoms with van der Waals surface area (Å²) in [4.78, 5) is 0. The molecule has 1 fully saturated rings. The van der Waals surface area contributed by atoms with Crippen LogP contribution < -0.4 is 5.73 Å². The molecule has 1 heterocycles. The summed E-state index contributed by atoms with van der Waals surface area (Å²) >= 11 is 0. The van der Waals surface area contributed by atoms with Gasteiger partial charge in [0.15, 0.2) is 0 Å². The van der Waals surface area contributed by atoms with E-state index in [9.17, 15) is 5.11 Å². The Hall–Kier alpha value is -0.900. The molecule has 3 atom stereocenters. The van der Waals surface area contributed by atoms with Gasteiger partial charge in [-0.25, -0.2) is 0 Å². The van der Waals surface area contributed by atoms with E-state index in [4.69, 9.17) is 10.5 Å². The first-order valence-electron chi connectivity index (χ1n) is 7.74. The first-order valence-corrected chi connectivity index (χ1v) is 7.74. The second-order valence-corrected chi connectivity index (χ2v) is 5.93. The van der Waals surface area contributed by atoms with E-state index < -0.39 is 6.10 Å². The lowest BCUT2D eigenvalue weighted by molar-refractivity contribution is 0.0776. The standard InChI is InChI=1S/C17H27NO2/c1-14(19)17(13-18,15-7-3-2-4-8-15)11-5-9-16-10-6-12-20-16/h2-4,7-8,14,16,19H,5-6,9-13,18H2,1H3. The molecule has 1 aromatic carbocycles. The predicted octanol–water partition coefficient (Wildman–Crippen LogP) is 2.61. The third-order valence-electron chi connectivity index (χ3n) is 4.69. The first-order chi connectivity index (χ1) is 9.69. The number of rotatable bonds is 7. The van der Waals surface area contributed by atoms with Crippen LogP contribution in [0, 0.1) is 0 Å². The van der Waals surface area contributed by atoms with Crippen molar-refractivity contribution in [2.24, 2.45) is 5.73 Å². The second kappa shape index (κ2) is 7.21. The number of aliphatic hydroxyl groups is 1. The molecule has 3 N–H and O–H groups in total. The van der Waals surface area contributed by atoms with E-state index in [1.54, 1.807) is 0 Å². The summed E-state index contributed by atoms with van der Waals surface area (Å²) in [7, 11) is 0. The lowest BCUT2D eigenvalue weighted by atomic mass is 9.72. The van der Waals surface area contributed by atoms with Crippen molar-refractivity contribution < 1.29 is 9.84 Å². The van der Waals surface area contributed by atoms with Crippen molar-refractivity contribution in [1.82, 2.24) is 0 Å². The van der Waals surface area contributed by atoms with Gasteiger partial charge in [-0.3, -0.25) is 0 Å². The molecule has 0 radical (unpaired) electrons. The van der Waals surface area contributed by atoms with Crippen LogP contribution in [-0.2, 0) is 10.2 Å². The molecule has 1 saturated heterocycles. The number of hydrogen-bond donors (Lipinski definition) is 2. The van der Waals surface area contributed by atoms with Crippen LogP contribution in [0.25, 0.3) is 0 Å². The summed E-state index contributed by atoms with van der Waals surface area (Å²) in [5.74, 6) is 0. The number of aliphatic hydroxyl groups excluding tert-OH is 1. The minimum atomic E-state index is -0.445. The maximum absolute atomic E-state index is 10.3. The van der Waals surface area contributed by atoms with Crippen molar-refractivity contribution in [2.75, 3.05) is 13.2 Å². The van der Waals surface area contributed by atoms with E-state index in [1.165, 1.54) is 12.8 Å². The summed E-state index contributed by atoms with van der Waals surface area (Å²) in [5, 5.41) is 10.3. The summed E-state index contributed by atoms with van der Waals surface area (Å²) < 4.78 is 5.67. The van der Waals surface area contributed by atoms with Gasteiger partial charge < -0.3 is 15.6 Å². The zero-order valence-corrected chi connectivity index (χ0v) is 12.4. The highest BCUT2D eigenvalue weighted by molar-refractivity contribution is 5.27. The summed E-state index contributed by atoms with van der Waals surface area (Å²) in [6.07, 6.45) is 5.35. The largest absolute Gasteiger partial charge is 0.392 e. The third kappa shape index (κ3) is 3.40. The van der Waals surface area contributed by atoms with Crippen LogP contribution in [0.1, 0.15) is 44.6 Å². The Kier molecular flexibility index (Phi) is 5.58. The van der Waals surface area contributed by atoms with Gasteiger partial charge in [-0.1, -0.05) is 30.3 Å². The maximum Gasteiger partial charge on any atom is 0.0620 e. The minimum absolute atomic E-state index is 0.333. The molecule has 1 aliphatic heterocycles. The van der Waals surface area contributed by atoms with Crippen LogP contribution in [-0.4, -0.2) is 30.5 Å². The molecule has 3 heteroatoms. The second-order valence-electron chi connectivity index (χ2n) is 5.93. The van der Waals surface area contributed by atoms with Gasteiger partial charge in [-0.15, -0.1) is 0 Å². The Morgan fingerprint density at radius 3 is 2.70 bits per heavy atom. The quantitative estimate of drug-likeness (QED) is 0.805. The summed E-state index contributed by atoms with van der Waals surface area (Å²) in [6.45, 7) is 3.23. The molecule has 0 saturated carbocycles. The van der Waals surface area contributed by atoms with Gasteiger partial charge in [0.2, 0.25) is 0 Å². The highest BCUT2D eigenvalue weighted by Crippen LogP contribution is 2.33. The average molecular weight is 277 g/mol. The minimum Gasteiger partial charge on any atom is -0.392 e. The molecule has 1 aromatic rings. The molecule has 0 spiro atoms. The van der Waals surface area contributed by atoms with Gasteiger partial charge in [0, 0.05) is 18.6 Å². The molecule has 3 nitrogen and oxygen atoms in total. The van der Waals surface area contributed by atoms with Gasteiger partial charge in [0.1, 0.15) is 0 Å². The van der Waals surface area contributed by atoms with E-state index in [2.05, 4.69) is 12.1 Å². The Morgan fingerprint density at radius 1 is 1.40 bits per heavy atom. The molecular formula is C17H27NO2. The van der Waals surface area contributed by atoms with Gasteiger partial charge in [0.05, 0.1) is 12.2 Å². The first kappa shape index (κ1) is 15.5. The molecule has 3 unspecified atom stereocenters. The zero-order chi connectivity index (χ0) is 14.4. The van der Waals surface area contributed by atoms with Gasteiger partial charge in [0.25, 0.3) is 0 Å². The van der Waals surface area contributed by atoms with Crippen molar-refractivity contribution in [2.45, 2.75) is 56.7 Å². The average Bonchev–Trinajstić information content (AvgIpc) is 2.97. The zero-order valence-electron chi connectivity index (χ0n) is 12.4. The van der Waals surface area contributed by atoms with Crippen LogP contribution in [0.15, 0.2) is 30.3 Å². The van der Waals surface area contributed by atoms with Crippen LogP contribution in [0.2, 0.25) is 0 Å². The van der Waals surface area contributed by atoms with E-state index >= 15 is 0 Å². The molecule has 1 aliphatic rings. The SMILES string of the molecule is CC(O)C(CN)(CCCC1CCCO1)c1ccccc1. The number of ether oxygens (including phenoxy) is 1. The Labute approximate surface area is 122 Å². The Balaban J connectivity index is 2.03. The van der Waals surface area contributed by atoms with Gasteiger partial charge in [-0.05, 0) is 44.6 Å². The molecule has 2 rings (SSSR count). The third-order valence-corrected chi connectivity index (χ3v) is 4.69. The molecule has 0 bridgehead atoms. The van der Waals surface area contributed by atoms with Crippen molar-refractivity contribution >= 4 is 0 Å². The Bertz CT molecular complexity index is 387. The van der Waals surface area contributed by atoms with Crippen molar-refractivity contribution in [3.63, 3.8) is 0 Å². The topological polar surface area (TPSA) is 55.5 Å². The summed E-state index contributed by atoms with van der Waals surface area (Å²) in [5.41, 5.74) is 6.85. The number of nitrogens with two attached hydrogens (primary N) is 1. The fourth-order valence-corrected chi connectivity index (χ4v) is 3.27. The van der Waals surface area contributed by atoms with Gasteiger partial charge >= 0.3 is 0 Å². The fourth-order valence-electron chi connectivity index (χ4n) is 3.27. The van der Waals surface area contributed by atoms with Crippen LogP contribution in [0.5, 0.6) is 0 Å². The lowest BCUT2D eigenvalue weighted by Crippen LogP contribution is -2.44. The molecule has 0 aromatic heterocycles. The maximum atomic E-state index is 10.3. The number of hydrogen-bond acceptors (Lipinski definition) is 3. The molecule has 20 heavy (non-hydrogen) atoms. The van der Waals surface area contributed by atoms with Crippen molar-refractivity contribution in [3.05, 3.63) is 35.9 Å². The fraction of sp³-hybridized carbons (Fsp3) is 0.647. The highest BCUT2D eigenvalue weighted by Gasteiger charge is 2.35. The smallest absolute Gasteiger partial charge is 0.0620 e. The predicted molar refractivity (Wildman–Crippen MR) is 81.7 cm³/mol. The molecule has 0 amide bonds. The monoisotopic (exact) mass is 277 g/mol. The van der Waals surface area contributed by atoms with Crippen molar-refractivity contribution in [3.8, 4) is 0 Å². The molecule has 112 valence electrons. The van der Waals surface area contributed by atoms with Crippen LogP contribution in [0.4, 0.5) is 0 Å². The molecule has 0 aliphatic carbocycles. The van der Waals surface area contributed by atoms with Crippen molar-refractivity contribution in [1.29, 1.82) is 0 Å². The Morgan fingerprint density at radius 2 is 2.15 bits per heavy atom. The van der Waals surface area contributed by atoms with Crippen LogP contribution in [0.3, 0.4) is 0 Å². The lowest BCUT2D eigenvalue weighted by Gasteiger charge is -2.36. The number of benzene rings is 1. The van der Waals surface area contributed by atoms with Crippen LogP contribution >= 0.6 is 0 Å². The normalized spacial score (nSPS) is 23.4. The summed E-state index contributed by atoms with van der Waals surface area (Å²) in [6, 6.07) is 10.2. The van der Waals surface area contributed by atoms with E-state index in [0.29, 0.717) is 12.6 Å². The highest BCUT2D eigenvalue weighted by atomic mass is 16.5. The van der Waals surface area contributed by atoms with E-state index in [0.717, 1.165) is 31.4 Å². The van der Waals surface area contributed by atoms with E-state index in [-0.39, 0.29) is 5.41 Å².